The summed E-state index contributed by atoms with van der Waals surface area (Å²) in [6.45, 7) is 8.54. The molecule has 0 N–H and O–H groups in total. The first-order valence-corrected chi connectivity index (χ1v) is 7.40. The summed E-state index contributed by atoms with van der Waals surface area (Å²) in [4.78, 5) is 9.28. The summed E-state index contributed by atoms with van der Waals surface area (Å²) in [5.74, 6) is 0.453. The van der Waals surface area contributed by atoms with Gasteiger partial charge in [-0.15, -0.1) is 0 Å². The molecule has 0 unspecified atom stereocenters. The zero-order chi connectivity index (χ0) is 15.0. The Hall–Kier alpha value is -2.22. The van der Waals surface area contributed by atoms with Crippen LogP contribution in [-0.4, -0.2) is 9.97 Å². The van der Waals surface area contributed by atoms with E-state index in [1.165, 1.54) is 22.1 Å². The summed E-state index contributed by atoms with van der Waals surface area (Å²) in [6.07, 6.45) is 1.85. The van der Waals surface area contributed by atoms with Crippen LogP contribution in [0.25, 0.3) is 22.0 Å². The highest BCUT2D eigenvalue weighted by Crippen LogP contribution is 2.31. The number of pyridine rings is 2. The van der Waals surface area contributed by atoms with Gasteiger partial charge in [0, 0.05) is 28.5 Å². The van der Waals surface area contributed by atoms with Crippen LogP contribution in [0.5, 0.6) is 0 Å². The van der Waals surface area contributed by atoms with E-state index in [1.54, 1.807) is 0 Å². The lowest BCUT2D eigenvalue weighted by Gasteiger charge is -2.13. The molecule has 0 spiro atoms. The minimum Gasteiger partial charge on any atom is -0.257 e. The average Bonchev–Trinajstić information content (AvgIpc) is 2.48. The van der Waals surface area contributed by atoms with Crippen LogP contribution in [0.2, 0.25) is 0 Å². The maximum atomic E-state index is 4.76. The summed E-state index contributed by atoms with van der Waals surface area (Å²) in [6, 6.07) is 12.8. The molecule has 2 heteroatoms. The van der Waals surface area contributed by atoms with Crippen LogP contribution in [0, 0.1) is 13.8 Å². The van der Waals surface area contributed by atoms with Crippen molar-refractivity contribution >= 4 is 10.9 Å². The van der Waals surface area contributed by atoms with Crippen LogP contribution in [0.4, 0.5) is 0 Å². The number of rotatable bonds is 2. The average molecular weight is 276 g/mol. The van der Waals surface area contributed by atoms with E-state index in [4.69, 9.17) is 4.98 Å². The molecule has 0 bridgehead atoms. The SMILES string of the molecule is Cc1nc(C(C)C)ccc1-c1ccc(C)c2ncccc12. The monoisotopic (exact) mass is 276 g/mol. The van der Waals surface area contributed by atoms with Crippen LogP contribution in [0.3, 0.4) is 0 Å². The van der Waals surface area contributed by atoms with Gasteiger partial charge >= 0.3 is 0 Å². The van der Waals surface area contributed by atoms with Gasteiger partial charge in [0.05, 0.1) is 5.52 Å². The number of hydrogen-bond donors (Lipinski definition) is 0. The van der Waals surface area contributed by atoms with Gasteiger partial charge in [-0.25, -0.2) is 0 Å². The van der Waals surface area contributed by atoms with Crippen LogP contribution < -0.4 is 0 Å². The number of fused-ring (bicyclic) bond motifs is 1. The zero-order valence-electron chi connectivity index (χ0n) is 13.0. The third-order valence-electron chi connectivity index (χ3n) is 3.96. The van der Waals surface area contributed by atoms with Gasteiger partial charge in [-0.2, -0.15) is 0 Å². The molecular formula is C19H20N2. The minimum atomic E-state index is 0.453. The summed E-state index contributed by atoms with van der Waals surface area (Å²) in [5.41, 5.74) is 6.91. The number of aryl methyl sites for hydroxylation is 2. The quantitative estimate of drug-likeness (QED) is 0.655. The van der Waals surface area contributed by atoms with E-state index in [0.29, 0.717) is 5.92 Å². The number of benzene rings is 1. The van der Waals surface area contributed by atoms with Gasteiger partial charge in [0.15, 0.2) is 0 Å². The standard InChI is InChI=1S/C19H20N2/c1-12(2)18-10-9-15(14(4)21-18)16-8-7-13(3)19-17(16)6-5-11-20-19/h5-12H,1-4H3. The smallest absolute Gasteiger partial charge is 0.0737 e. The lowest BCUT2D eigenvalue weighted by molar-refractivity contribution is 0.816. The van der Waals surface area contributed by atoms with Crippen molar-refractivity contribution in [2.75, 3.05) is 0 Å². The van der Waals surface area contributed by atoms with E-state index in [-0.39, 0.29) is 0 Å². The van der Waals surface area contributed by atoms with E-state index in [9.17, 15) is 0 Å². The molecule has 2 aromatic heterocycles. The van der Waals surface area contributed by atoms with E-state index in [0.717, 1.165) is 16.9 Å². The fourth-order valence-corrected chi connectivity index (χ4v) is 2.74. The molecule has 0 aliphatic rings. The van der Waals surface area contributed by atoms with Crippen molar-refractivity contribution in [1.82, 2.24) is 9.97 Å². The van der Waals surface area contributed by atoms with Crippen LogP contribution in [-0.2, 0) is 0 Å². The molecule has 0 aliphatic heterocycles. The Morgan fingerprint density at radius 1 is 0.905 bits per heavy atom. The van der Waals surface area contributed by atoms with Crippen molar-refractivity contribution in [1.29, 1.82) is 0 Å². The predicted octanol–water partition coefficient (Wildman–Crippen LogP) is 5.04. The second-order valence-corrected chi connectivity index (χ2v) is 5.85. The third-order valence-corrected chi connectivity index (χ3v) is 3.96. The summed E-state index contributed by atoms with van der Waals surface area (Å²) in [7, 11) is 0. The largest absolute Gasteiger partial charge is 0.257 e. The molecule has 0 saturated heterocycles. The van der Waals surface area contributed by atoms with Gasteiger partial charge in [-0.1, -0.05) is 38.1 Å². The number of aromatic nitrogens is 2. The van der Waals surface area contributed by atoms with Gasteiger partial charge in [0.2, 0.25) is 0 Å². The molecule has 2 nitrogen and oxygen atoms in total. The zero-order valence-corrected chi connectivity index (χ0v) is 13.0. The van der Waals surface area contributed by atoms with Gasteiger partial charge < -0.3 is 0 Å². The van der Waals surface area contributed by atoms with Crippen LogP contribution in [0.1, 0.15) is 36.7 Å². The molecule has 0 radical (unpaired) electrons. The highest BCUT2D eigenvalue weighted by atomic mass is 14.7. The van der Waals surface area contributed by atoms with Crippen molar-refractivity contribution in [2.24, 2.45) is 0 Å². The van der Waals surface area contributed by atoms with Gasteiger partial charge in [-0.3, -0.25) is 9.97 Å². The van der Waals surface area contributed by atoms with Crippen molar-refractivity contribution in [2.45, 2.75) is 33.6 Å². The second-order valence-electron chi connectivity index (χ2n) is 5.85. The van der Waals surface area contributed by atoms with Crippen molar-refractivity contribution < 1.29 is 0 Å². The topological polar surface area (TPSA) is 25.8 Å². The van der Waals surface area contributed by atoms with Crippen LogP contribution in [0.15, 0.2) is 42.6 Å². The Labute approximate surface area is 125 Å². The maximum Gasteiger partial charge on any atom is 0.0737 e. The van der Waals surface area contributed by atoms with E-state index < -0.39 is 0 Å². The second kappa shape index (κ2) is 5.28. The van der Waals surface area contributed by atoms with E-state index in [2.05, 4.69) is 63.0 Å². The summed E-state index contributed by atoms with van der Waals surface area (Å²) < 4.78 is 0. The Morgan fingerprint density at radius 2 is 1.67 bits per heavy atom. The van der Waals surface area contributed by atoms with Gasteiger partial charge in [0.25, 0.3) is 0 Å². The first-order valence-electron chi connectivity index (χ1n) is 7.40. The summed E-state index contributed by atoms with van der Waals surface area (Å²) >= 11 is 0. The molecule has 106 valence electrons. The fourth-order valence-electron chi connectivity index (χ4n) is 2.74. The van der Waals surface area contributed by atoms with E-state index >= 15 is 0 Å². The molecule has 0 atom stereocenters. The van der Waals surface area contributed by atoms with Crippen molar-refractivity contribution in [3.8, 4) is 11.1 Å². The molecule has 2 heterocycles. The molecule has 3 rings (SSSR count). The Bertz CT molecular complexity index is 804. The number of hydrogen-bond acceptors (Lipinski definition) is 2. The van der Waals surface area contributed by atoms with Crippen molar-refractivity contribution in [3.05, 3.63) is 59.5 Å². The molecule has 0 saturated carbocycles. The molecule has 0 aliphatic carbocycles. The molecule has 3 aromatic rings. The Balaban J connectivity index is 2.24. The first kappa shape index (κ1) is 13.7. The predicted molar refractivity (Wildman–Crippen MR) is 88.5 cm³/mol. The van der Waals surface area contributed by atoms with Crippen LogP contribution >= 0.6 is 0 Å². The maximum absolute atomic E-state index is 4.76. The summed E-state index contributed by atoms with van der Waals surface area (Å²) in [5, 5.41) is 1.19. The molecule has 1 aromatic carbocycles. The van der Waals surface area contributed by atoms with Gasteiger partial charge in [0.1, 0.15) is 0 Å². The highest BCUT2D eigenvalue weighted by molar-refractivity contribution is 5.96. The molecule has 21 heavy (non-hydrogen) atoms. The molecular weight excluding hydrogens is 256 g/mol. The molecule has 0 amide bonds. The third kappa shape index (κ3) is 2.42. The fraction of sp³-hybridized carbons (Fsp3) is 0.263. The van der Waals surface area contributed by atoms with E-state index in [1.807, 2.05) is 12.3 Å². The lowest BCUT2D eigenvalue weighted by atomic mass is 9.96. The first-order chi connectivity index (χ1) is 10.1. The normalized spacial score (nSPS) is 11.3. The Morgan fingerprint density at radius 3 is 2.38 bits per heavy atom. The van der Waals surface area contributed by atoms with Gasteiger partial charge in [-0.05, 0) is 43.0 Å². The lowest BCUT2D eigenvalue weighted by Crippen LogP contribution is -1.97. The number of nitrogens with zero attached hydrogens (tertiary/aromatic N) is 2. The highest BCUT2D eigenvalue weighted by Gasteiger charge is 2.11. The van der Waals surface area contributed by atoms with Crippen molar-refractivity contribution in [3.63, 3.8) is 0 Å². The minimum absolute atomic E-state index is 0.453. The Kier molecular flexibility index (Phi) is 3.46. The molecule has 0 fully saturated rings.